The smallest absolute Gasteiger partial charge is 0.227 e. The van der Waals surface area contributed by atoms with Crippen molar-refractivity contribution in [3.05, 3.63) is 84.6 Å². The van der Waals surface area contributed by atoms with Crippen molar-refractivity contribution in [2.45, 2.75) is 44.9 Å². The second kappa shape index (κ2) is 13.4. The molecule has 1 saturated heterocycles. The summed E-state index contributed by atoms with van der Waals surface area (Å²) in [5.41, 5.74) is 2.93. The second-order valence-corrected chi connectivity index (χ2v) is 9.06. The zero-order valence-electron chi connectivity index (χ0n) is 21.1. The van der Waals surface area contributed by atoms with Gasteiger partial charge in [-0.2, -0.15) is 5.10 Å². The molecule has 2 aromatic carbocycles. The molecule has 4 rings (SSSR count). The highest BCUT2D eigenvalue weighted by molar-refractivity contribution is 5.43. The molecule has 3 aromatic rings. The third kappa shape index (κ3) is 7.04. The van der Waals surface area contributed by atoms with Gasteiger partial charge in [-0.25, -0.2) is 4.68 Å². The molecule has 0 saturated carbocycles. The van der Waals surface area contributed by atoms with Gasteiger partial charge in [-0.05, 0) is 43.5 Å². The minimum Gasteiger partial charge on any atom is -0.439 e. The number of ether oxygens (including phenoxy) is 3. The quantitative estimate of drug-likeness (QED) is 0.259. The topological polar surface area (TPSA) is 69.0 Å². The predicted molar refractivity (Wildman–Crippen MR) is 141 cm³/mol. The van der Waals surface area contributed by atoms with Gasteiger partial charge in [0.1, 0.15) is 5.75 Å². The van der Waals surface area contributed by atoms with Crippen molar-refractivity contribution >= 4 is 0 Å². The molecule has 192 valence electrons. The van der Waals surface area contributed by atoms with Crippen LogP contribution in [0.3, 0.4) is 0 Å². The van der Waals surface area contributed by atoms with Crippen molar-refractivity contribution in [3.8, 4) is 17.3 Å². The maximum absolute atomic E-state index is 10.7. The molecule has 0 amide bonds. The maximum atomic E-state index is 10.7. The molecule has 1 fully saturated rings. The van der Waals surface area contributed by atoms with Crippen LogP contribution in [0, 0.1) is 0 Å². The highest BCUT2D eigenvalue weighted by Crippen LogP contribution is 2.32. The van der Waals surface area contributed by atoms with Crippen LogP contribution in [0.1, 0.15) is 31.0 Å². The Balaban J connectivity index is 1.66. The Labute approximate surface area is 213 Å². The maximum Gasteiger partial charge on any atom is 0.227 e. The fraction of sp³-hybridized carbons (Fsp3) is 0.414. The van der Waals surface area contributed by atoms with Crippen LogP contribution in [-0.4, -0.2) is 64.9 Å². The molecule has 0 unspecified atom stereocenters. The second-order valence-electron chi connectivity index (χ2n) is 9.06. The van der Waals surface area contributed by atoms with Crippen molar-refractivity contribution in [2.75, 3.05) is 32.9 Å². The average Bonchev–Trinajstić information content (AvgIpc) is 3.53. The first kappa shape index (κ1) is 26.1. The summed E-state index contributed by atoms with van der Waals surface area (Å²) in [6.45, 7) is 9.01. The molecule has 0 radical (unpaired) electrons. The molecule has 1 aliphatic heterocycles. The van der Waals surface area contributed by atoms with E-state index in [0.29, 0.717) is 25.6 Å². The number of benzene rings is 2. The molecular weight excluding hydrogens is 454 g/mol. The van der Waals surface area contributed by atoms with Crippen LogP contribution in [0.25, 0.3) is 5.69 Å². The van der Waals surface area contributed by atoms with Gasteiger partial charge in [0, 0.05) is 26.2 Å². The van der Waals surface area contributed by atoms with Crippen LogP contribution in [0.4, 0.5) is 0 Å². The normalized spacial score (nSPS) is 16.4. The lowest BCUT2D eigenvalue weighted by atomic mass is 10.1. The van der Waals surface area contributed by atoms with Gasteiger partial charge < -0.3 is 19.3 Å². The number of aliphatic hydroxyl groups is 1. The Morgan fingerprint density at radius 3 is 2.61 bits per heavy atom. The van der Waals surface area contributed by atoms with Gasteiger partial charge in [0.25, 0.3) is 0 Å². The predicted octanol–water partition coefficient (Wildman–Crippen LogP) is 4.77. The highest BCUT2D eigenvalue weighted by Gasteiger charge is 2.26. The summed E-state index contributed by atoms with van der Waals surface area (Å²) in [5, 5.41) is 15.7. The molecule has 2 atom stereocenters. The Bertz CT molecular complexity index is 1060. The van der Waals surface area contributed by atoms with E-state index in [0.717, 1.165) is 55.1 Å². The monoisotopic (exact) mass is 491 g/mol. The van der Waals surface area contributed by atoms with Crippen LogP contribution in [-0.2, 0) is 22.4 Å². The van der Waals surface area contributed by atoms with Crippen LogP contribution in [0.15, 0.2) is 73.3 Å². The molecule has 7 heteroatoms. The van der Waals surface area contributed by atoms with E-state index >= 15 is 0 Å². The lowest BCUT2D eigenvalue weighted by Gasteiger charge is -2.27. The summed E-state index contributed by atoms with van der Waals surface area (Å²) < 4.78 is 19.8. The molecule has 0 aliphatic carbocycles. The Morgan fingerprint density at radius 1 is 1.19 bits per heavy atom. The summed E-state index contributed by atoms with van der Waals surface area (Å²) in [4.78, 5) is 2.24. The molecule has 36 heavy (non-hydrogen) atoms. The van der Waals surface area contributed by atoms with Crippen LogP contribution < -0.4 is 4.74 Å². The van der Waals surface area contributed by atoms with Crippen LogP contribution >= 0.6 is 0 Å². The fourth-order valence-electron chi connectivity index (χ4n) is 4.51. The number of hydrogen-bond acceptors (Lipinski definition) is 6. The van der Waals surface area contributed by atoms with Crippen molar-refractivity contribution in [1.29, 1.82) is 0 Å². The number of aryl methyl sites for hydroxylation is 1. The Hall–Kier alpha value is -2.97. The summed E-state index contributed by atoms with van der Waals surface area (Å²) in [7, 11) is 0. The van der Waals surface area contributed by atoms with Gasteiger partial charge in [0.15, 0.2) is 0 Å². The minimum atomic E-state index is -0.626. The standard InChI is InChI=1S/C29H37N3O4/c1-3-17-34-22-24(33)19-31(20-26-16-11-18-35-26)21-27-28(4-2)30-32(23-12-7-5-8-13-23)29(27)36-25-14-9-6-10-15-25/h3,5-10,12-15,24,26,33H,1,4,11,16-22H2,2H3/t24-,26-/m0/s1. The zero-order chi connectivity index (χ0) is 25.2. The summed E-state index contributed by atoms with van der Waals surface area (Å²) in [6, 6.07) is 19.8. The molecule has 1 N–H and O–H groups in total. The van der Waals surface area contributed by atoms with Crippen LogP contribution in [0.5, 0.6) is 11.6 Å². The lowest BCUT2D eigenvalue weighted by molar-refractivity contribution is 0.00835. The molecule has 0 bridgehead atoms. The lowest BCUT2D eigenvalue weighted by Crippen LogP contribution is -2.39. The first-order valence-electron chi connectivity index (χ1n) is 12.8. The van der Waals surface area contributed by atoms with Gasteiger partial charge in [0.05, 0.1) is 42.4 Å². The fourth-order valence-corrected chi connectivity index (χ4v) is 4.51. The minimum absolute atomic E-state index is 0.152. The number of aromatic nitrogens is 2. The van der Waals surface area contributed by atoms with Crippen molar-refractivity contribution < 1.29 is 19.3 Å². The Morgan fingerprint density at radius 2 is 1.94 bits per heavy atom. The highest BCUT2D eigenvalue weighted by atomic mass is 16.5. The van der Waals surface area contributed by atoms with E-state index in [2.05, 4.69) is 18.4 Å². The van der Waals surface area contributed by atoms with E-state index in [1.807, 2.05) is 65.3 Å². The zero-order valence-corrected chi connectivity index (χ0v) is 21.1. The number of rotatable bonds is 14. The van der Waals surface area contributed by atoms with Crippen molar-refractivity contribution in [3.63, 3.8) is 0 Å². The Kier molecular flexibility index (Phi) is 9.69. The average molecular weight is 492 g/mol. The van der Waals surface area contributed by atoms with Gasteiger partial charge in [-0.15, -0.1) is 6.58 Å². The largest absolute Gasteiger partial charge is 0.439 e. The van der Waals surface area contributed by atoms with E-state index in [1.165, 1.54) is 0 Å². The summed E-state index contributed by atoms with van der Waals surface area (Å²) in [5.74, 6) is 1.45. The molecular formula is C29H37N3O4. The van der Waals surface area contributed by atoms with Crippen molar-refractivity contribution in [2.24, 2.45) is 0 Å². The van der Waals surface area contributed by atoms with Crippen LogP contribution in [0.2, 0.25) is 0 Å². The van der Waals surface area contributed by atoms with Crippen molar-refractivity contribution in [1.82, 2.24) is 14.7 Å². The summed E-state index contributed by atoms with van der Waals surface area (Å²) in [6.07, 6.45) is 4.07. The van der Waals surface area contributed by atoms with E-state index in [-0.39, 0.29) is 12.7 Å². The third-order valence-electron chi connectivity index (χ3n) is 6.20. The van der Waals surface area contributed by atoms with E-state index in [9.17, 15) is 5.11 Å². The molecule has 2 heterocycles. The first-order valence-corrected chi connectivity index (χ1v) is 12.8. The van der Waals surface area contributed by atoms with E-state index in [1.54, 1.807) is 6.08 Å². The third-order valence-corrected chi connectivity index (χ3v) is 6.20. The molecule has 1 aliphatic rings. The van der Waals surface area contributed by atoms with Gasteiger partial charge in [-0.1, -0.05) is 49.4 Å². The number of nitrogens with zero attached hydrogens (tertiary/aromatic N) is 3. The van der Waals surface area contributed by atoms with E-state index < -0.39 is 6.10 Å². The number of hydrogen-bond donors (Lipinski definition) is 1. The number of para-hydroxylation sites is 2. The summed E-state index contributed by atoms with van der Waals surface area (Å²) >= 11 is 0. The SMILES string of the molecule is C=CCOC[C@@H](O)CN(Cc1c(CC)nn(-c2ccccc2)c1Oc1ccccc1)C[C@@H]1CCCO1. The molecule has 7 nitrogen and oxygen atoms in total. The number of aliphatic hydroxyl groups excluding tert-OH is 1. The van der Waals surface area contributed by atoms with Gasteiger partial charge in [0.2, 0.25) is 5.88 Å². The molecule has 0 spiro atoms. The van der Waals surface area contributed by atoms with Gasteiger partial charge >= 0.3 is 0 Å². The van der Waals surface area contributed by atoms with Gasteiger partial charge in [-0.3, -0.25) is 4.90 Å². The first-order chi connectivity index (χ1) is 17.7. The van der Waals surface area contributed by atoms with E-state index in [4.69, 9.17) is 19.3 Å². The molecule has 1 aromatic heterocycles.